The van der Waals surface area contributed by atoms with Gasteiger partial charge in [0.1, 0.15) is 0 Å². The summed E-state index contributed by atoms with van der Waals surface area (Å²) in [6.45, 7) is 2.82. The van der Waals surface area contributed by atoms with Gasteiger partial charge in [-0.2, -0.15) is 0 Å². The number of hydrogen-bond donors (Lipinski definition) is 1. The molecule has 0 unspecified atom stereocenters. The first-order valence-corrected chi connectivity index (χ1v) is 7.44. The fourth-order valence-electron chi connectivity index (χ4n) is 3.22. The molecule has 2 fully saturated rings. The van der Waals surface area contributed by atoms with E-state index in [-0.39, 0.29) is 17.9 Å². The predicted molar refractivity (Wildman–Crippen MR) is 79.5 cm³/mol. The molecule has 0 saturated carbocycles. The second kappa shape index (κ2) is 6.06. The Morgan fingerprint density at radius 3 is 2.86 bits per heavy atom. The van der Waals surface area contributed by atoms with Gasteiger partial charge in [-0.15, -0.1) is 0 Å². The zero-order chi connectivity index (χ0) is 15.7. The molecule has 2 aliphatic rings. The van der Waals surface area contributed by atoms with Crippen LogP contribution in [0.25, 0.3) is 0 Å². The maximum absolute atomic E-state index is 12.3. The molecule has 1 amide bonds. The number of benzene rings is 1. The van der Waals surface area contributed by atoms with Crippen LogP contribution in [0.2, 0.25) is 0 Å². The van der Waals surface area contributed by atoms with E-state index in [0.29, 0.717) is 38.4 Å². The number of ether oxygens (including phenoxy) is 1. The number of carbonyl (C=O) groups excluding carboxylic acids is 1. The van der Waals surface area contributed by atoms with Gasteiger partial charge in [-0.1, -0.05) is 18.2 Å². The molecule has 6 heteroatoms. The zero-order valence-corrected chi connectivity index (χ0v) is 12.6. The third-order valence-corrected chi connectivity index (χ3v) is 4.46. The van der Waals surface area contributed by atoms with Crippen molar-refractivity contribution >= 4 is 11.9 Å². The molecule has 1 aromatic rings. The molecule has 1 N–H and O–H groups in total. The minimum atomic E-state index is -0.915. The number of likely N-dealkylation sites (N-methyl/N-ethyl adjacent to an activating group) is 1. The smallest absolute Gasteiger partial charge is 0.336 e. The lowest BCUT2D eigenvalue weighted by atomic mass is 10.1. The van der Waals surface area contributed by atoms with Crippen molar-refractivity contribution in [2.24, 2.45) is 5.92 Å². The topological polar surface area (TPSA) is 70.1 Å². The number of hydrogen-bond acceptors (Lipinski definition) is 4. The third kappa shape index (κ3) is 2.84. The summed E-state index contributed by atoms with van der Waals surface area (Å²) in [7, 11) is 1.82. The Hall–Kier alpha value is -1.92. The standard InChI is InChI=1S/C16H20N2O4/c1-17-13-8-18(7-12(15(17)19)9-22-10-13)6-11-4-2-3-5-14(11)16(20)21/h2-5,12-13H,6-10H2,1H3,(H,20,21)/t12-,13+/m1/s1. The van der Waals surface area contributed by atoms with Crippen molar-refractivity contribution < 1.29 is 19.4 Å². The SMILES string of the molecule is CN1C(=O)[C@H]2COC[C@@H]1CN(Cc1ccccc1C(=O)O)C2. The summed E-state index contributed by atoms with van der Waals surface area (Å²) in [6, 6.07) is 7.07. The Balaban J connectivity index is 1.82. The largest absolute Gasteiger partial charge is 0.478 e. The predicted octanol–water partition coefficient (Wildman–Crippen LogP) is 0.674. The van der Waals surface area contributed by atoms with E-state index in [1.165, 1.54) is 0 Å². The molecule has 3 rings (SSSR count). The van der Waals surface area contributed by atoms with Crippen molar-refractivity contribution in [2.45, 2.75) is 12.6 Å². The lowest BCUT2D eigenvalue weighted by Gasteiger charge is -2.29. The highest BCUT2D eigenvalue weighted by molar-refractivity contribution is 5.89. The van der Waals surface area contributed by atoms with Gasteiger partial charge in [-0.05, 0) is 11.6 Å². The summed E-state index contributed by atoms with van der Waals surface area (Å²) in [5.74, 6) is -0.965. The Bertz CT molecular complexity index is 589. The van der Waals surface area contributed by atoms with E-state index in [1.54, 1.807) is 17.0 Å². The molecular weight excluding hydrogens is 284 g/mol. The highest BCUT2D eigenvalue weighted by atomic mass is 16.5. The minimum Gasteiger partial charge on any atom is -0.478 e. The van der Waals surface area contributed by atoms with E-state index in [4.69, 9.17) is 4.74 Å². The van der Waals surface area contributed by atoms with Gasteiger partial charge < -0.3 is 14.7 Å². The first kappa shape index (κ1) is 15.0. The molecule has 1 aromatic carbocycles. The molecule has 0 radical (unpaired) electrons. The first-order valence-electron chi connectivity index (χ1n) is 7.44. The number of aromatic carboxylic acids is 1. The van der Waals surface area contributed by atoms with E-state index in [0.717, 1.165) is 5.56 Å². The molecule has 22 heavy (non-hydrogen) atoms. The van der Waals surface area contributed by atoms with Crippen molar-refractivity contribution in [3.63, 3.8) is 0 Å². The Morgan fingerprint density at radius 1 is 1.32 bits per heavy atom. The van der Waals surface area contributed by atoms with Crippen LogP contribution >= 0.6 is 0 Å². The third-order valence-electron chi connectivity index (χ3n) is 4.46. The highest BCUT2D eigenvalue weighted by Crippen LogP contribution is 2.22. The number of fused-ring (bicyclic) bond motifs is 3. The molecule has 118 valence electrons. The maximum Gasteiger partial charge on any atom is 0.336 e. The van der Waals surface area contributed by atoms with E-state index >= 15 is 0 Å². The van der Waals surface area contributed by atoms with Crippen LogP contribution in [0.1, 0.15) is 15.9 Å². The van der Waals surface area contributed by atoms with Gasteiger partial charge >= 0.3 is 5.97 Å². The van der Waals surface area contributed by atoms with E-state index in [2.05, 4.69) is 4.90 Å². The normalized spacial score (nSPS) is 25.9. The van der Waals surface area contributed by atoms with Crippen LogP contribution in [0.5, 0.6) is 0 Å². The number of carbonyl (C=O) groups is 2. The van der Waals surface area contributed by atoms with Crippen LogP contribution in [0.3, 0.4) is 0 Å². The second-order valence-corrected chi connectivity index (χ2v) is 5.99. The van der Waals surface area contributed by atoms with Gasteiger partial charge in [-0.25, -0.2) is 4.79 Å². The maximum atomic E-state index is 12.3. The van der Waals surface area contributed by atoms with Gasteiger partial charge in [-0.3, -0.25) is 9.69 Å². The van der Waals surface area contributed by atoms with Crippen molar-refractivity contribution in [1.29, 1.82) is 0 Å². The van der Waals surface area contributed by atoms with E-state index in [1.807, 2.05) is 19.2 Å². The Labute approximate surface area is 129 Å². The number of carboxylic acid groups (broad SMARTS) is 1. The van der Waals surface area contributed by atoms with Crippen LogP contribution in [0.4, 0.5) is 0 Å². The number of amides is 1. The average Bonchev–Trinajstić information content (AvgIpc) is 2.66. The molecule has 0 aromatic heterocycles. The number of rotatable bonds is 3. The minimum absolute atomic E-state index is 0.0250. The number of carboxylic acids is 1. The molecule has 0 spiro atoms. The van der Waals surface area contributed by atoms with Crippen molar-refractivity contribution in [2.75, 3.05) is 33.4 Å². The van der Waals surface area contributed by atoms with E-state index < -0.39 is 5.97 Å². The van der Waals surface area contributed by atoms with Crippen LogP contribution in [-0.2, 0) is 16.1 Å². The van der Waals surface area contributed by atoms with Gasteiger partial charge in [0, 0.05) is 26.7 Å². The summed E-state index contributed by atoms with van der Waals surface area (Å²) in [4.78, 5) is 27.6. The van der Waals surface area contributed by atoms with Crippen molar-refractivity contribution in [3.8, 4) is 0 Å². The molecule has 2 heterocycles. The van der Waals surface area contributed by atoms with Gasteiger partial charge in [0.25, 0.3) is 0 Å². The molecule has 0 aliphatic carbocycles. The highest BCUT2D eigenvalue weighted by Gasteiger charge is 2.37. The second-order valence-electron chi connectivity index (χ2n) is 5.99. The summed E-state index contributed by atoms with van der Waals surface area (Å²) >= 11 is 0. The quantitative estimate of drug-likeness (QED) is 0.889. The lowest BCUT2D eigenvalue weighted by Crippen LogP contribution is -2.43. The first-order chi connectivity index (χ1) is 10.6. The molecule has 6 nitrogen and oxygen atoms in total. The fraction of sp³-hybridized carbons (Fsp3) is 0.500. The Kier molecular flexibility index (Phi) is 4.13. The summed E-state index contributed by atoms with van der Waals surface area (Å²) < 4.78 is 5.58. The lowest BCUT2D eigenvalue weighted by molar-refractivity contribution is -0.134. The van der Waals surface area contributed by atoms with Crippen molar-refractivity contribution in [1.82, 2.24) is 9.80 Å². The molecule has 2 bridgehead atoms. The molecular formula is C16H20N2O4. The molecule has 2 atom stereocenters. The summed E-state index contributed by atoms with van der Waals surface area (Å²) in [6.07, 6.45) is 0. The van der Waals surface area contributed by atoms with Gasteiger partial charge in [0.15, 0.2) is 0 Å². The van der Waals surface area contributed by atoms with Crippen LogP contribution in [0, 0.1) is 5.92 Å². The zero-order valence-electron chi connectivity index (χ0n) is 12.6. The molecule has 2 aliphatic heterocycles. The molecule has 2 saturated heterocycles. The van der Waals surface area contributed by atoms with E-state index in [9.17, 15) is 14.7 Å². The number of nitrogens with zero attached hydrogens (tertiary/aromatic N) is 2. The Morgan fingerprint density at radius 2 is 2.09 bits per heavy atom. The average molecular weight is 304 g/mol. The van der Waals surface area contributed by atoms with Crippen LogP contribution in [0.15, 0.2) is 24.3 Å². The van der Waals surface area contributed by atoms with Crippen LogP contribution in [-0.4, -0.2) is 66.2 Å². The van der Waals surface area contributed by atoms with Gasteiger partial charge in [0.05, 0.1) is 30.7 Å². The van der Waals surface area contributed by atoms with Crippen molar-refractivity contribution in [3.05, 3.63) is 35.4 Å². The summed E-state index contributed by atoms with van der Waals surface area (Å²) in [5, 5.41) is 9.30. The fourth-order valence-corrected chi connectivity index (χ4v) is 3.22. The summed E-state index contributed by atoms with van der Waals surface area (Å²) in [5.41, 5.74) is 1.11. The monoisotopic (exact) mass is 304 g/mol. The van der Waals surface area contributed by atoms with Crippen LogP contribution < -0.4 is 0 Å². The van der Waals surface area contributed by atoms with Gasteiger partial charge in [0.2, 0.25) is 5.91 Å².